The normalized spacial score (nSPS) is 13.9. The maximum atomic E-state index is 10.4. The van der Waals surface area contributed by atoms with E-state index in [1.165, 1.54) is 0 Å². The summed E-state index contributed by atoms with van der Waals surface area (Å²) in [5.41, 5.74) is 5.60. The Bertz CT molecular complexity index is 144. The summed E-state index contributed by atoms with van der Waals surface area (Å²) in [6.07, 6.45) is 0. The quantitative estimate of drug-likeness (QED) is 0.802. The fourth-order valence-corrected chi connectivity index (χ4v) is 0.763. The summed E-state index contributed by atoms with van der Waals surface area (Å²) < 4.78 is 0. The minimum absolute atomic E-state index is 0. The number of carboxylic acid groups (broad SMARTS) is 1. The largest absolute Gasteiger partial charge is 0.481 e. The van der Waals surface area contributed by atoms with Crippen LogP contribution < -0.4 is 5.73 Å². The van der Waals surface area contributed by atoms with E-state index in [9.17, 15) is 4.79 Å². The second-order valence-corrected chi connectivity index (χ2v) is 3.05. The molecule has 0 aliphatic carbocycles. The highest BCUT2D eigenvalue weighted by molar-refractivity contribution is 8.93. The summed E-state index contributed by atoms with van der Waals surface area (Å²) in [5, 5.41) is 8.57. The first-order chi connectivity index (χ1) is 4.95. The van der Waals surface area contributed by atoms with Crippen LogP contribution in [0.15, 0.2) is 0 Å². The summed E-state index contributed by atoms with van der Waals surface area (Å²) in [6.45, 7) is 2.23. The molecule has 0 heterocycles. The Labute approximate surface area is 100 Å². The highest BCUT2D eigenvalue weighted by Gasteiger charge is 2.19. The van der Waals surface area contributed by atoms with Gasteiger partial charge in [-0.05, 0) is 14.1 Å². The number of hydrogen-bond acceptors (Lipinski definition) is 3. The van der Waals surface area contributed by atoms with Crippen molar-refractivity contribution in [2.45, 2.75) is 13.0 Å². The molecule has 13 heavy (non-hydrogen) atoms. The van der Waals surface area contributed by atoms with Crippen molar-refractivity contribution in [1.29, 1.82) is 0 Å². The van der Waals surface area contributed by atoms with Crippen molar-refractivity contribution >= 4 is 39.9 Å². The molecule has 0 saturated carbocycles. The molecule has 0 aromatic heterocycles. The lowest BCUT2D eigenvalue weighted by atomic mass is 10.0. The molecule has 3 N–H and O–H groups in total. The number of halogens is 2. The predicted octanol–water partition coefficient (Wildman–Crippen LogP) is 0.752. The third kappa shape index (κ3) is 8.67. The van der Waals surface area contributed by atoms with Gasteiger partial charge in [0, 0.05) is 12.6 Å². The summed E-state index contributed by atoms with van der Waals surface area (Å²) in [5.74, 6) is -1.31. The van der Waals surface area contributed by atoms with Crippen LogP contribution in [0.5, 0.6) is 0 Å². The first kappa shape index (κ1) is 19.0. The molecule has 0 radical (unpaired) electrons. The van der Waals surface area contributed by atoms with Crippen molar-refractivity contribution in [3.8, 4) is 0 Å². The minimum atomic E-state index is -0.834. The van der Waals surface area contributed by atoms with Crippen molar-refractivity contribution in [3.63, 3.8) is 0 Å². The Balaban J connectivity index is -0.000000500. The summed E-state index contributed by atoms with van der Waals surface area (Å²) >= 11 is 0. The van der Waals surface area contributed by atoms with Gasteiger partial charge in [0.2, 0.25) is 0 Å². The Kier molecular flexibility index (Phi) is 13.1. The van der Waals surface area contributed by atoms with Gasteiger partial charge in [-0.2, -0.15) is 0 Å². The van der Waals surface area contributed by atoms with Crippen LogP contribution in [0.2, 0.25) is 0 Å². The van der Waals surface area contributed by atoms with Crippen molar-refractivity contribution < 1.29 is 9.90 Å². The van der Waals surface area contributed by atoms with Gasteiger partial charge in [-0.25, -0.2) is 0 Å². The van der Waals surface area contributed by atoms with Crippen LogP contribution in [0.3, 0.4) is 0 Å². The number of carboxylic acids is 1. The van der Waals surface area contributed by atoms with Crippen LogP contribution in [0.25, 0.3) is 0 Å². The molecule has 4 nitrogen and oxygen atoms in total. The van der Waals surface area contributed by atoms with Gasteiger partial charge in [-0.1, -0.05) is 6.92 Å². The number of carbonyl (C=O) groups is 1. The highest BCUT2D eigenvalue weighted by Crippen LogP contribution is 2.00. The van der Waals surface area contributed by atoms with E-state index in [1.807, 2.05) is 19.0 Å². The van der Waals surface area contributed by atoms with E-state index in [0.717, 1.165) is 0 Å². The Morgan fingerprint density at radius 2 is 1.85 bits per heavy atom. The van der Waals surface area contributed by atoms with Crippen LogP contribution in [-0.2, 0) is 4.79 Å². The van der Waals surface area contributed by atoms with Gasteiger partial charge in [0.25, 0.3) is 0 Å². The minimum Gasteiger partial charge on any atom is -0.481 e. The van der Waals surface area contributed by atoms with E-state index in [4.69, 9.17) is 10.8 Å². The van der Waals surface area contributed by atoms with Gasteiger partial charge >= 0.3 is 5.97 Å². The van der Waals surface area contributed by atoms with Crippen molar-refractivity contribution in [2.75, 3.05) is 20.6 Å². The Morgan fingerprint density at radius 3 is 2.08 bits per heavy atom. The number of aliphatic carboxylic acids is 1. The molecule has 0 aliphatic heterocycles. The molecule has 2 unspecified atom stereocenters. The molecule has 0 aromatic rings. The molecule has 6 heteroatoms. The fraction of sp³-hybridized carbons (Fsp3) is 0.857. The van der Waals surface area contributed by atoms with Gasteiger partial charge in [0.1, 0.15) is 0 Å². The zero-order chi connectivity index (χ0) is 9.02. The lowest BCUT2D eigenvalue weighted by Gasteiger charge is -2.19. The monoisotopic (exact) mass is 320 g/mol. The second-order valence-electron chi connectivity index (χ2n) is 3.05. The van der Waals surface area contributed by atoms with Gasteiger partial charge in [-0.15, -0.1) is 34.0 Å². The standard InChI is InChI=1S/C7H16N2O2.2BrH/c1-5(7(10)11)6(8)4-9(2)3;;/h5-6H,4,8H2,1-3H3,(H,10,11);2*1H. The van der Waals surface area contributed by atoms with Gasteiger partial charge < -0.3 is 15.7 Å². The SMILES string of the molecule is Br.Br.CC(C(=O)O)C(N)CN(C)C. The smallest absolute Gasteiger partial charge is 0.307 e. The van der Waals surface area contributed by atoms with Crippen LogP contribution >= 0.6 is 34.0 Å². The molecule has 0 rings (SSSR count). The Hall–Kier alpha value is 0.350. The molecule has 0 fully saturated rings. The summed E-state index contributed by atoms with van der Waals surface area (Å²) in [4.78, 5) is 12.3. The van der Waals surface area contributed by atoms with Crippen molar-refractivity contribution in [1.82, 2.24) is 4.90 Å². The van der Waals surface area contributed by atoms with E-state index in [0.29, 0.717) is 6.54 Å². The second kappa shape index (κ2) is 8.93. The van der Waals surface area contributed by atoms with Gasteiger partial charge in [0.15, 0.2) is 0 Å². The van der Waals surface area contributed by atoms with E-state index in [2.05, 4.69) is 0 Å². The van der Waals surface area contributed by atoms with E-state index in [-0.39, 0.29) is 40.0 Å². The average Bonchev–Trinajstić information content (AvgIpc) is 1.84. The third-order valence-electron chi connectivity index (χ3n) is 1.61. The number of nitrogens with two attached hydrogens (primary N) is 1. The highest BCUT2D eigenvalue weighted by atomic mass is 79.9. The number of likely N-dealkylation sites (N-methyl/N-ethyl adjacent to an activating group) is 1. The first-order valence-electron chi connectivity index (χ1n) is 3.58. The molecular formula is C7H18Br2N2O2. The predicted molar refractivity (Wildman–Crippen MR) is 64.0 cm³/mol. The van der Waals surface area contributed by atoms with Crippen molar-refractivity contribution in [3.05, 3.63) is 0 Å². The van der Waals surface area contributed by atoms with E-state index < -0.39 is 11.9 Å². The molecule has 0 bridgehead atoms. The van der Waals surface area contributed by atoms with Gasteiger partial charge in [-0.3, -0.25) is 4.79 Å². The topological polar surface area (TPSA) is 66.6 Å². The number of rotatable bonds is 4. The molecule has 2 atom stereocenters. The van der Waals surface area contributed by atoms with Crippen LogP contribution in [0.4, 0.5) is 0 Å². The third-order valence-corrected chi connectivity index (χ3v) is 1.61. The lowest BCUT2D eigenvalue weighted by Crippen LogP contribution is -2.41. The molecule has 0 aromatic carbocycles. The maximum Gasteiger partial charge on any atom is 0.307 e. The molecule has 0 amide bonds. The molecular weight excluding hydrogens is 304 g/mol. The maximum absolute atomic E-state index is 10.4. The zero-order valence-electron chi connectivity index (χ0n) is 8.06. The Morgan fingerprint density at radius 1 is 1.46 bits per heavy atom. The molecule has 0 spiro atoms. The van der Waals surface area contributed by atoms with Crippen LogP contribution in [-0.4, -0.2) is 42.7 Å². The van der Waals surface area contributed by atoms with E-state index in [1.54, 1.807) is 6.92 Å². The van der Waals surface area contributed by atoms with Gasteiger partial charge in [0.05, 0.1) is 5.92 Å². The molecule has 0 saturated heterocycles. The van der Waals surface area contributed by atoms with Crippen LogP contribution in [0, 0.1) is 5.92 Å². The average molecular weight is 322 g/mol. The molecule has 82 valence electrons. The zero-order valence-corrected chi connectivity index (χ0v) is 11.5. The lowest BCUT2D eigenvalue weighted by molar-refractivity contribution is -0.141. The summed E-state index contributed by atoms with van der Waals surface area (Å²) in [7, 11) is 3.74. The summed E-state index contributed by atoms with van der Waals surface area (Å²) in [6, 6.07) is -0.289. The number of nitrogens with zero attached hydrogens (tertiary/aromatic N) is 1. The van der Waals surface area contributed by atoms with E-state index >= 15 is 0 Å². The van der Waals surface area contributed by atoms with Crippen molar-refractivity contribution in [2.24, 2.45) is 11.7 Å². The van der Waals surface area contributed by atoms with Crippen LogP contribution in [0.1, 0.15) is 6.92 Å². The molecule has 0 aliphatic rings. The first-order valence-corrected chi connectivity index (χ1v) is 3.58. The number of hydrogen-bond donors (Lipinski definition) is 2. The fourth-order valence-electron chi connectivity index (χ4n) is 0.763.